The number of benzene rings is 2. The zero-order chi connectivity index (χ0) is 22.6. The van der Waals surface area contributed by atoms with Gasteiger partial charge in [0.2, 0.25) is 15.9 Å². The number of amides is 1. The van der Waals surface area contributed by atoms with Gasteiger partial charge in [0.1, 0.15) is 5.69 Å². The van der Waals surface area contributed by atoms with Crippen molar-refractivity contribution in [3.05, 3.63) is 52.6 Å². The van der Waals surface area contributed by atoms with Gasteiger partial charge in [-0.15, -0.1) is 0 Å². The second kappa shape index (κ2) is 9.41. The summed E-state index contributed by atoms with van der Waals surface area (Å²) in [7, 11) is -3.85. The van der Waals surface area contributed by atoms with Crippen LogP contribution < -0.4 is 10.6 Å². The first-order chi connectivity index (χ1) is 14.7. The number of morpholine rings is 1. The van der Waals surface area contributed by atoms with Gasteiger partial charge in [0.05, 0.1) is 23.0 Å². The van der Waals surface area contributed by atoms with Gasteiger partial charge in [0.15, 0.2) is 0 Å². The number of carbonyl (C=O) groups excluding carboxylic acids is 1. The Kier molecular flexibility index (Phi) is 6.88. The van der Waals surface area contributed by atoms with Crippen LogP contribution in [0, 0.1) is 16.0 Å². The van der Waals surface area contributed by atoms with E-state index in [2.05, 4.69) is 10.6 Å². The van der Waals surface area contributed by atoms with Gasteiger partial charge in [-0.25, -0.2) is 8.42 Å². The zero-order valence-corrected chi connectivity index (χ0v) is 18.0. The van der Waals surface area contributed by atoms with Gasteiger partial charge in [-0.3, -0.25) is 14.9 Å². The highest BCUT2D eigenvalue weighted by atomic mass is 32.2. The predicted octanol–water partition coefficient (Wildman–Crippen LogP) is 2.95. The van der Waals surface area contributed by atoms with Gasteiger partial charge in [0.25, 0.3) is 5.69 Å². The van der Waals surface area contributed by atoms with Crippen molar-refractivity contribution in [2.75, 3.05) is 36.9 Å². The summed E-state index contributed by atoms with van der Waals surface area (Å²) in [5.74, 6) is -0.277. The molecule has 1 saturated heterocycles. The van der Waals surface area contributed by atoms with Gasteiger partial charge in [-0.05, 0) is 36.4 Å². The van der Waals surface area contributed by atoms with Crippen LogP contribution in [0.5, 0.6) is 0 Å². The molecule has 11 heteroatoms. The highest BCUT2D eigenvalue weighted by Gasteiger charge is 2.29. The van der Waals surface area contributed by atoms with E-state index in [1.807, 2.05) is 0 Å². The molecule has 1 aliphatic heterocycles. The third kappa shape index (κ3) is 5.37. The summed E-state index contributed by atoms with van der Waals surface area (Å²) in [6, 6.07) is 10.5. The minimum Gasteiger partial charge on any atom is -0.379 e. The molecule has 0 spiro atoms. The first-order valence-corrected chi connectivity index (χ1v) is 11.2. The maximum atomic E-state index is 12.8. The highest BCUT2D eigenvalue weighted by molar-refractivity contribution is 7.89. The number of nitro benzene ring substituents is 1. The standard InChI is InChI=1S/C20H24N4O6S/c1-14(2)20(25)22-16-5-3-15(4-6-16)21-18-8-7-17(13-19(18)24(26)27)31(28,29)23-9-11-30-12-10-23/h3-8,13-14,21H,9-12H2,1-2H3,(H,22,25). The maximum Gasteiger partial charge on any atom is 0.294 e. The quantitative estimate of drug-likeness (QED) is 0.492. The molecule has 0 bridgehead atoms. The van der Waals surface area contributed by atoms with E-state index in [0.29, 0.717) is 11.4 Å². The minimum atomic E-state index is -3.85. The lowest BCUT2D eigenvalue weighted by molar-refractivity contribution is -0.384. The van der Waals surface area contributed by atoms with Crippen LogP contribution in [0.1, 0.15) is 13.8 Å². The molecule has 2 aromatic rings. The van der Waals surface area contributed by atoms with Crippen LogP contribution in [0.25, 0.3) is 0 Å². The summed E-state index contributed by atoms with van der Waals surface area (Å²) in [5.41, 5.74) is 0.955. The third-order valence-corrected chi connectivity index (χ3v) is 6.62. The van der Waals surface area contributed by atoms with Crippen molar-refractivity contribution in [3.8, 4) is 0 Å². The molecule has 2 N–H and O–H groups in total. The second-order valence-electron chi connectivity index (χ2n) is 7.30. The van der Waals surface area contributed by atoms with Crippen molar-refractivity contribution in [1.29, 1.82) is 0 Å². The van der Waals surface area contributed by atoms with Crippen LogP contribution in [0.2, 0.25) is 0 Å². The SMILES string of the molecule is CC(C)C(=O)Nc1ccc(Nc2ccc(S(=O)(=O)N3CCOCC3)cc2[N+](=O)[O-])cc1. The average Bonchev–Trinajstić information content (AvgIpc) is 2.75. The number of anilines is 3. The molecule has 10 nitrogen and oxygen atoms in total. The summed E-state index contributed by atoms with van der Waals surface area (Å²) < 4.78 is 32.0. The number of hydrogen-bond donors (Lipinski definition) is 2. The van der Waals surface area contributed by atoms with E-state index < -0.39 is 14.9 Å². The number of ether oxygens (including phenoxy) is 1. The minimum absolute atomic E-state index is 0.117. The monoisotopic (exact) mass is 448 g/mol. The third-order valence-electron chi connectivity index (χ3n) is 4.73. The number of nitrogens with zero attached hydrogens (tertiary/aromatic N) is 2. The molecule has 2 aromatic carbocycles. The van der Waals surface area contributed by atoms with Crippen LogP contribution in [0.3, 0.4) is 0 Å². The lowest BCUT2D eigenvalue weighted by Gasteiger charge is -2.26. The van der Waals surface area contributed by atoms with Crippen LogP contribution in [-0.2, 0) is 19.6 Å². The fourth-order valence-electron chi connectivity index (χ4n) is 2.94. The summed E-state index contributed by atoms with van der Waals surface area (Å²) in [5, 5.41) is 17.3. The Morgan fingerprint density at radius 3 is 2.29 bits per heavy atom. The second-order valence-corrected chi connectivity index (χ2v) is 9.24. The van der Waals surface area contributed by atoms with Crippen molar-refractivity contribution in [3.63, 3.8) is 0 Å². The fraction of sp³-hybridized carbons (Fsp3) is 0.350. The van der Waals surface area contributed by atoms with Crippen molar-refractivity contribution in [2.45, 2.75) is 18.7 Å². The zero-order valence-electron chi connectivity index (χ0n) is 17.2. The lowest BCUT2D eigenvalue weighted by atomic mass is 10.2. The number of nitro groups is 1. The molecule has 1 heterocycles. The largest absolute Gasteiger partial charge is 0.379 e. The summed E-state index contributed by atoms with van der Waals surface area (Å²) in [6.45, 7) is 4.55. The molecule has 31 heavy (non-hydrogen) atoms. The van der Waals surface area contributed by atoms with E-state index in [9.17, 15) is 23.3 Å². The molecule has 0 aromatic heterocycles. The van der Waals surface area contributed by atoms with Crippen LogP contribution in [-0.4, -0.2) is 49.9 Å². The van der Waals surface area contributed by atoms with Crippen molar-refractivity contribution >= 4 is 38.7 Å². The number of rotatable bonds is 7. The summed E-state index contributed by atoms with van der Waals surface area (Å²) >= 11 is 0. The Bertz CT molecular complexity index is 1060. The van der Waals surface area contributed by atoms with E-state index in [-0.39, 0.29) is 54.4 Å². The normalized spacial score (nSPS) is 14.9. The predicted molar refractivity (Wildman–Crippen MR) is 116 cm³/mol. The molecule has 1 amide bonds. The van der Waals surface area contributed by atoms with E-state index in [1.54, 1.807) is 38.1 Å². The van der Waals surface area contributed by atoms with Crippen molar-refractivity contribution in [1.82, 2.24) is 4.31 Å². The number of nitrogens with one attached hydrogen (secondary N) is 2. The molecule has 1 aliphatic rings. The molecular weight excluding hydrogens is 424 g/mol. The Hall–Kier alpha value is -3.02. The van der Waals surface area contributed by atoms with Crippen LogP contribution in [0.15, 0.2) is 47.4 Å². The van der Waals surface area contributed by atoms with Crippen LogP contribution in [0.4, 0.5) is 22.7 Å². The molecule has 0 radical (unpaired) electrons. The summed E-state index contributed by atoms with van der Waals surface area (Å²) in [6.07, 6.45) is 0. The molecule has 1 fully saturated rings. The van der Waals surface area contributed by atoms with Crippen molar-refractivity contribution < 1.29 is 22.9 Å². The van der Waals surface area contributed by atoms with E-state index in [4.69, 9.17) is 4.74 Å². The van der Waals surface area contributed by atoms with Gasteiger partial charge in [-0.2, -0.15) is 4.31 Å². The van der Waals surface area contributed by atoms with Gasteiger partial charge in [-0.1, -0.05) is 13.8 Å². The Balaban J connectivity index is 1.82. The Morgan fingerprint density at radius 2 is 1.71 bits per heavy atom. The van der Waals surface area contributed by atoms with Gasteiger partial charge >= 0.3 is 0 Å². The molecule has 0 atom stereocenters. The van der Waals surface area contributed by atoms with Crippen LogP contribution >= 0.6 is 0 Å². The number of carbonyl (C=O) groups is 1. The van der Waals surface area contributed by atoms with E-state index in [1.165, 1.54) is 16.4 Å². The Morgan fingerprint density at radius 1 is 1.10 bits per heavy atom. The molecule has 0 saturated carbocycles. The smallest absolute Gasteiger partial charge is 0.294 e. The maximum absolute atomic E-state index is 12.8. The fourth-order valence-corrected chi connectivity index (χ4v) is 4.37. The first-order valence-electron chi connectivity index (χ1n) is 9.73. The number of hydrogen-bond acceptors (Lipinski definition) is 7. The van der Waals surface area contributed by atoms with Crippen molar-refractivity contribution in [2.24, 2.45) is 5.92 Å². The first kappa shape index (κ1) is 22.7. The molecule has 3 rings (SSSR count). The molecule has 166 valence electrons. The summed E-state index contributed by atoms with van der Waals surface area (Å²) in [4.78, 5) is 22.6. The average molecular weight is 449 g/mol. The topological polar surface area (TPSA) is 131 Å². The Labute approximate surface area is 180 Å². The van der Waals surface area contributed by atoms with E-state index in [0.717, 1.165) is 6.07 Å². The van der Waals surface area contributed by atoms with E-state index >= 15 is 0 Å². The lowest BCUT2D eigenvalue weighted by Crippen LogP contribution is -2.40. The van der Waals surface area contributed by atoms with Gasteiger partial charge in [0, 0.05) is 36.4 Å². The molecular formula is C20H24N4O6S. The van der Waals surface area contributed by atoms with Gasteiger partial charge < -0.3 is 15.4 Å². The highest BCUT2D eigenvalue weighted by Crippen LogP contribution is 2.31. The number of sulfonamides is 1. The molecule has 0 aliphatic carbocycles. The molecule has 0 unspecified atom stereocenters.